The molecule has 1 aromatic rings. The SMILES string of the molecule is CC(Cl)c1nnc(N2CCCC(C(F)(F)F)C2)o1. The van der Waals surface area contributed by atoms with Crippen LogP contribution in [0.25, 0.3) is 0 Å². The Bertz CT molecular complexity index is 407. The summed E-state index contributed by atoms with van der Waals surface area (Å²) in [6.07, 6.45) is -3.58. The highest BCUT2D eigenvalue weighted by Crippen LogP contribution is 2.34. The van der Waals surface area contributed by atoms with Crippen LogP contribution in [-0.4, -0.2) is 29.5 Å². The van der Waals surface area contributed by atoms with Crippen molar-refractivity contribution in [1.29, 1.82) is 0 Å². The number of hydrogen-bond acceptors (Lipinski definition) is 4. The van der Waals surface area contributed by atoms with E-state index >= 15 is 0 Å². The van der Waals surface area contributed by atoms with Gasteiger partial charge in [-0.25, -0.2) is 0 Å². The van der Waals surface area contributed by atoms with E-state index in [0.29, 0.717) is 13.0 Å². The Morgan fingerprint density at radius 1 is 1.44 bits per heavy atom. The number of piperidine rings is 1. The van der Waals surface area contributed by atoms with Gasteiger partial charge in [0.15, 0.2) is 0 Å². The number of aromatic nitrogens is 2. The van der Waals surface area contributed by atoms with Crippen LogP contribution >= 0.6 is 11.6 Å². The van der Waals surface area contributed by atoms with Crippen LogP contribution in [0.5, 0.6) is 0 Å². The largest absolute Gasteiger partial charge is 0.406 e. The van der Waals surface area contributed by atoms with E-state index in [0.717, 1.165) is 0 Å². The van der Waals surface area contributed by atoms with Crippen LogP contribution in [0, 0.1) is 5.92 Å². The standard InChI is InChI=1S/C10H13ClF3N3O/c1-6(11)8-15-16-9(18-8)17-4-2-3-7(5-17)10(12,13)14/h6-7H,2-5H2,1H3. The molecule has 0 saturated carbocycles. The maximum absolute atomic E-state index is 12.6. The Labute approximate surface area is 107 Å². The molecule has 8 heteroatoms. The van der Waals surface area contributed by atoms with Crippen LogP contribution in [0.15, 0.2) is 4.42 Å². The number of anilines is 1. The van der Waals surface area contributed by atoms with Crippen LogP contribution in [0.1, 0.15) is 31.0 Å². The van der Waals surface area contributed by atoms with Gasteiger partial charge in [-0.1, -0.05) is 5.10 Å². The summed E-state index contributed by atoms with van der Waals surface area (Å²) >= 11 is 5.76. The molecule has 1 aliphatic rings. The van der Waals surface area contributed by atoms with Crippen LogP contribution in [0.4, 0.5) is 19.2 Å². The molecular formula is C10H13ClF3N3O. The van der Waals surface area contributed by atoms with Gasteiger partial charge in [0.2, 0.25) is 5.89 Å². The molecule has 0 N–H and O–H groups in total. The fraction of sp³-hybridized carbons (Fsp3) is 0.800. The van der Waals surface area contributed by atoms with E-state index in [4.69, 9.17) is 16.0 Å². The maximum Gasteiger partial charge on any atom is 0.393 e. The Kier molecular flexibility index (Phi) is 3.70. The van der Waals surface area contributed by atoms with Crippen LogP contribution < -0.4 is 4.90 Å². The summed E-state index contributed by atoms with van der Waals surface area (Å²) in [6, 6.07) is 0.117. The Morgan fingerprint density at radius 3 is 2.72 bits per heavy atom. The maximum atomic E-state index is 12.6. The molecule has 0 bridgehead atoms. The molecule has 102 valence electrons. The molecule has 0 aliphatic carbocycles. The predicted molar refractivity (Wildman–Crippen MR) is 59.6 cm³/mol. The molecule has 0 spiro atoms. The predicted octanol–water partition coefficient (Wildman–Crippen LogP) is 3.15. The van der Waals surface area contributed by atoms with Gasteiger partial charge in [-0.15, -0.1) is 16.7 Å². The van der Waals surface area contributed by atoms with Crippen molar-refractivity contribution >= 4 is 17.6 Å². The highest BCUT2D eigenvalue weighted by Gasteiger charge is 2.42. The number of halogens is 4. The lowest BCUT2D eigenvalue weighted by molar-refractivity contribution is -0.176. The Morgan fingerprint density at radius 2 is 2.17 bits per heavy atom. The van der Waals surface area contributed by atoms with Crippen molar-refractivity contribution in [3.05, 3.63) is 5.89 Å². The normalized spacial score (nSPS) is 23.2. The van der Waals surface area contributed by atoms with Gasteiger partial charge < -0.3 is 9.32 Å². The zero-order valence-corrected chi connectivity index (χ0v) is 10.5. The topological polar surface area (TPSA) is 42.2 Å². The zero-order chi connectivity index (χ0) is 13.3. The minimum Gasteiger partial charge on any atom is -0.406 e. The lowest BCUT2D eigenvalue weighted by Gasteiger charge is -2.32. The van der Waals surface area contributed by atoms with Gasteiger partial charge >= 0.3 is 12.2 Å². The molecule has 2 atom stereocenters. The van der Waals surface area contributed by atoms with Crippen molar-refractivity contribution in [3.8, 4) is 0 Å². The third-order valence-electron chi connectivity index (χ3n) is 2.93. The van der Waals surface area contributed by atoms with Crippen molar-refractivity contribution in [2.75, 3.05) is 18.0 Å². The molecule has 2 rings (SSSR count). The van der Waals surface area contributed by atoms with E-state index in [1.54, 1.807) is 6.92 Å². The second kappa shape index (κ2) is 4.95. The molecular weight excluding hydrogens is 271 g/mol. The summed E-state index contributed by atoms with van der Waals surface area (Å²) in [5.74, 6) is -1.11. The highest BCUT2D eigenvalue weighted by atomic mass is 35.5. The molecule has 0 aromatic carbocycles. The van der Waals surface area contributed by atoms with E-state index in [2.05, 4.69) is 10.2 Å². The van der Waals surface area contributed by atoms with Crippen molar-refractivity contribution in [2.24, 2.45) is 5.92 Å². The molecule has 1 fully saturated rings. The highest BCUT2D eigenvalue weighted by molar-refractivity contribution is 6.20. The Balaban J connectivity index is 2.08. The van der Waals surface area contributed by atoms with E-state index in [9.17, 15) is 13.2 Å². The zero-order valence-electron chi connectivity index (χ0n) is 9.74. The average molecular weight is 284 g/mol. The third-order valence-corrected chi connectivity index (χ3v) is 3.11. The van der Waals surface area contributed by atoms with Crippen molar-refractivity contribution in [3.63, 3.8) is 0 Å². The summed E-state index contributed by atoms with van der Waals surface area (Å²) < 4.78 is 43.2. The monoisotopic (exact) mass is 283 g/mol. The molecule has 1 aromatic heterocycles. The second-order valence-corrected chi connectivity index (χ2v) is 5.02. The summed E-state index contributed by atoms with van der Waals surface area (Å²) in [7, 11) is 0. The van der Waals surface area contributed by atoms with E-state index in [1.807, 2.05) is 0 Å². The fourth-order valence-electron chi connectivity index (χ4n) is 1.93. The number of hydrogen-bond donors (Lipinski definition) is 0. The van der Waals surface area contributed by atoms with Crippen molar-refractivity contribution < 1.29 is 17.6 Å². The number of nitrogens with zero attached hydrogens (tertiary/aromatic N) is 3. The van der Waals surface area contributed by atoms with Gasteiger partial charge in [0.25, 0.3) is 0 Å². The second-order valence-electron chi connectivity index (χ2n) is 4.37. The first kappa shape index (κ1) is 13.5. The lowest BCUT2D eigenvalue weighted by Crippen LogP contribution is -2.41. The van der Waals surface area contributed by atoms with Gasteiger partial charge in [0.1, 0.15) is 5.38 Å². The van der Waals surface area contributed by atoms with Crippen molar-refractivity contribution in [2.45, 2.75) is 31.3 Å². The fourth-order valence-corrected chi connectivity index (χ4v) is 2.02. The van der Waals surface area contributed by atoms with Gasteiger partial charge in [-0.3, -0.25) is 0 Å². The summed E-state index contributed by atoms with van der Waals surface area (Å²) in [4.78, 5) is 1.47. The molecule has 4 nitrogen and oxygen atoms in total. The number of alkyl halides is 4. The first-order chi connectivity index (χ1) is 8.38. The average Bonchev–Trinajstić information content (AvgIpc) is 2.77. The molecule has 0 amide bonds. The smallest absolute Gasteiger partial charge is 0.393 e. The molecule has 2 unspecified atom stereocenters. The summed E-state index contributed by atoms with van der Waals surface area (Å²) in [5.41, 5.74) is 0. The van der Waals surface area contributed by atoms with Gasteiger partial charge in [-0.2, -0.15) is 13.2 Å². The van der Waals surface area contributed by atoms with Gasteiger partial charge in [0, 0.05) is 13.1 Å². The van der Waals surface area contributed by atoms with Gasteiger partial charge in [0.05, 0.1) is 5.92 Å². The van der Waals surface area contributed by atoms with E-state index in [1.165, 1.54) is 4.90 Å². The lowest BCUT2D eigenvalue weighted by atomic mass is 9.98. The number of rotatable bonds is 2. The molecule has 1 aliphatic heterocycles. The molecule has 0 radical (unpaired) electrons. The van der Waals surface area contributed by atoms with Gasteiger partial charge in [-0.05, 0) is 19.8 Å². The molecule has 18 heavy (non-hydrogen) atoms. The first-order valence-electron chi connectivity index (χ1n) is 5.67. The quantitative estimate of drug-likeness (QED) is 0.782. The van der Waals surface area contributed by atoms with E-state index < -0.39 is 17.5 Å². The van der Waals surface area contributed by atoms with E-state index in [-0.39, 0.29) is 24.9 Å². The van der Waals surface area contributed by atoms with Crippen LogP contribution in [-0.2, 0) is 0 Å². The van der Waals surface area contributed by atoms with Crippen LogP contribution in [0.3, 0.4) is 0 Å². The first-order valence-corrected chi connectivity index (χ1v) is 6.10. The minimum atomic E-state index is -4.18. The molecule has 1 saturated heterocycles. The van der Waals surface area contributed by atoms with Crippen LogP contribution in [0.2, 0.25) is 0 Å². The van der Waals surface area contributed by atoms with Crippen molar-refractivity contribution in [1.82, 2.24) is 10.2 Å². The summed E-state index contributed by atoms with van der Waals surface area (Å²) in [5, 5.41) is 6.99. The molecule has 2 heterocycles. The Hall–Kier alpha value is -0.980. The third kappa shape index (κ3) is 2.88. The minimum absolute atomic E-state index is 0.117. The summed E-state index contributed by atoms with van der Waals surface area (Å²) in [6.45, 7) is 2.01.